The van der Waals surface area contributed by atoms with Crippen molar-refractivity contribution in [2.45, 2.75) is 6.61 Å². The largest absolute Gasteiger partial charge is 0.486 e. The lowest BCUT2D eigenvalue weighted by Gasteiger charge is -2.06. The molecule has 24 heavy (non-hydrogen) atoms. The number of carboxylic acid groups (broad SMARTS) is 1. The predicted molar refractivity (Wildman–Crippen MR) is 81.6 cm³/mol. The summed E-state index contributed by atoms with van der Waals surface area (Å²) in [5.74, 6) is -0.356. The number of hydrogen-bond acceptors (Lipinski definition) is 6. The highest BCUT2D eigenvalue weighted by Gasteiger charge is 2.09. The molecule has 1 aromatic carbocycles. The standard InChI is InChI=1S/C16H11N5O3/c17-5-11-1-3-12(4-2-11)10-24-14-7-18-16(19-8-14)21-9-13(6-20-21)15(22)23/h1-4,6-9H,10H2,(H,22,23). The minimum Gasteiger partial charge on any atom is -0.486 e. The Hall–Kier alpha value is -3.73. The van der Waals surface area contributed by atoms with Crippen LogP contribution in [0.25, 0.3) is 5.95 Å². The summed E-state index contributed by atoms with van der Waals surface area (Å²) >= 11 is 0. The van der Waals surface area contributed by atoms with Crippen molar-refractivity contribution in [1.29, 1.82) is 5.26 Å². The van der Waals surface area contributed by atoms with Crippen LogP contribution in [0.5, 0.6) is 5.75 Å². The zero-order valence-corrected chi connectivity index (χ0v) is 12.3. The second kappa shape index (κ2) is 6.58. The fourth-order valence-corrected chi connectivity index (χ4v) is 1.89. The molecule has 0 spiro atoms. The lowest BCUT2D eigenvalue weighted by Crippen LogP contribution is -2.03. The Morgan fingerprint density at radius 2 is 1.92 bits per heavy atom. The number of carboxylic acids is 1. The van der Waals surface area contributed by atoms with E-state index in [0.717, 1.165) is 5.56 Å². The molecule has 8 heteroatoms. The first-order chi connectivity index (χ1) is 11.7. The molecule has 118 valence electrons. The van der Waals surface area contributed by atoms with Crippen molar-refractivity contribution in [2.75, 3.05) is 0 Å². The van der Waals surface area contributed by atoms with Crippen LogP contribution in [0.1, 0.15) is 21.5 Å². The summed E-state index contributed by atoms with van der Waals surface area (Å²) in [6.45, 7) is 0.319. The molecule has 0 saturated carbocycles. The maximum absolute atomic E-state index is 10.8. The molecule has 0 amide bonds. The van der Waals surface area contributed by atoms with Gasteiger partial charge < -0.3 is 9.84 Å². The lowest BCUT2D eigenvalue weighted by atomic mass is 10.2. The number of benzene rings is 1. The SMILES string of the molecule is N#Cc1ccc(COc2cnc(-n3cc(C(=O)O)cn3)nc2)cc1. The normalized spacial score (nSPS) is 10.1. The Bertz CT molecular complexity index is 895. The van der Waals surface area contributed by atoms with Gasteiger partial charge in [0.05, 0.1) is 35.8 Å². The third kappa shape index (κ3) is 3.36. The van der Waals surface area contributed by atoms with Gasteiger partial charge in [0.15, 0.2) is 5.75 Å². The number of rotatable bonds is 5. The van der Waals surface area contributed by atoms with Crippen LogP contribution < -0.4 is 4.74 Å². The zero-order chi connectivity index (χ0) is 16.9. The first-order valence-electron chi connectivity index (χ1n) is 6.88. The van der Waals surface area contributed by atoms with Gasteiger partial charge in [0.1, 0.15) is 6.61 Å². The smallest absolute Gasteiger partial charge is 0.338 e. The Morgan fingerprint density at radius 1 is 1.21 bits per heavy atom. The Balaban J connectivity index is 1.65. The average Bonchev–Trinajstić information content (AvgIpc) is 3.11. The minimum atomic E-state index is -1.07. The first-order valence-corrected chi connectivity index (χ1v) is 6.88. The second-order valence-electron chi connectivity index (χ2n) is 4.79. The highest BCUT2D eigenvalue weighted by Crippen LogP contribution is 2.12. The van der Waals surface area contributed by atoms with Crippen molar-refractivity contribution >= 4 is 5.97 Å². The van der Waals surface area contributed by atoms with Gasteiger partial charge in [0.25, 0.3) is 5.95 Å². The van der Waals surface area contributed by atoms with Crippen LogP contribution in [0.15, 0.2) is 49.1 Å². The minimum absolute atomic E-state index is 0.0553. The molecule has 3 rings (SSSR count). The quantitative estimate of drug-likeness (QED) is 0.762. The highest BCUT2D eigenvalue weighted by molar-refractivity contribution is 5.86. The van der Waals surface area contributed by atoms with E-state index in [0.29, 0.717) is 17.9 Å². The average molecular weight is 321 g/mol. The monoisotopic (exact) mass is 321 g/mol. The van der Waals surface area contributed by atoms with Gasteiger partial charge >= 0.3 is 5.97 Å². The number of hydrogen-bond donors (Lipinski definition) is 1. The molecule has 2 aromatic heterocycles. The van der Waals surface area contributed by atoms with Gasteiger partial charge in [-0.3, -0.25) is 0 Å². The number of carbonyl (C=O) groups is 1. The van der Waals surface area contributed by atoms with Crippen LogP contribution in [0.2, 0.25) is 0 Å². The van der Waals surface area contributed by atoms with E-state index in [-0.39, 0.29) is 11.5 Å². The van der Waals surface area contributed by atoms with Gasteiger partial charge in [-0.1, -0.05) is 12.1 Å². The van der Waals surface area contributed by atoms with Crippen LogP contribution in [0.3, 0.4) is 0 Å². The summed E-state index contributed by atoms with van der Waals surface area (Å²) in [7, 11) is 0. The molecule has 3 aromatic rings. The van der Waals surface area contributed by atoms with Gasteiger partial charge in [-0.25, -0.2) is 19.4 Å². The fraction of sp³-hybridized carbons (Fsp3) is 0.0625. The topological polar surface area (TPSA) is 114 Å². The predicted octanol–water partition coefficient (Wildman–Crippen LogP) is 1.81. The summed E-state index contributed by atoms with van der Waals surface area (Å²) in [6, 6.07) is 9.11. The van der Waals surface area contributed by atoms with Gasteiger partial charge in [-0.2, -0.15) is 10.4 Å². The molecular weight excluding hydrogens is 310 g/mol. The van der Waals surface area contributed by atoms with Gasteiger partial charge in [0, 0.05) is 6.20 Å². The Kier molecular flexibility index (Phi) is 4.16. The van der Waals surface area contributed by atoms with Crippen molar-refractivity contribution < 1.29 is 14.6 Å². The van der Waals surface area contributed by atoms with Crippen LogP contribution in [0.4, 0.5) is 0 Å². The fourth-order valence-electron chi connectivity index (χ4n) is 1.89. The van der Waals surface area contributed by atoms with Crippen molar-refractivity contribution in [3.8, 4) is 17.8 Å². The Labute approximate surface area is 136 Å². The maximum Gasteiger partial charge on any atom is 0.338 e. The molecule has 1 N–H and O–H groups in total. The van der Waals surface area contributed by atoms with Gasteiger partial charge in [-0.05, 0) is 17.7 Å². The third-order valence-electron chi connectivity index (χ3n) is 3.14. The van der Waals surface area contributed by atoms with Crippen molar-refractivity contribution in [2.24, 2.45) is 0 Å². The highest BCUT2D eigenvalue weighted by atomic mass is 16.5. The van der Waals surface area contributed by atoms with Gasteiger partial charge in [-0.15, -0.1) is 0 Å². The van der Waals surface area contributed by atoms with Crippen LogP contribution in [0, 0.1) is 11.3 Å². The summed E-state index contributed by atoms with van der Waals surface area (Å²) in [4.78, 5) is 19.0. The van der Waals surface area contributed by atoms with E-state index in [1.165, 1.54) is 29.5 Å². The third-order valence-corrected chi connectivity index (χ3v) is 3.14. The number of aromatic carboxylic acids is 1. The molecule has 0 saturated heterocycles. The Morgan fingerprint density at radius 3 is 2.50 bits per heavy atom. The second-order valence-corrected chi connectivity index (χ2v) is 4.79. The summed E-state index contributed by atoms with van der Waals surface area (Å²) < 4.78 is 6.84. The van der Waals surface area contributed by atoms with E-state index in [9.17, 15) is 4.79 Å². The maximum atomic E-state index is 10.8. The molecule has 8 nitrogen and oxygen atoms in total. The van der Waals surface area contributed by atoms with Crippen molar-refractivity contribution in [1.82, 2.24) is 19.7 Å². The van der Waals surface area contributed by atoms with Gasteiger partial charge in [0.2, 0.25) is 0 Å². The lowest BCUT2D eigenvalue weighted by molar-refractivity contribution is 0.0697. The van der Waals surface area contributed by atoms with E-state index in [1.54, 1.807) is 12.1 Å². The number of nitriles is 1. The molecule has 0 atom stereocenters. The van der Waals surface area contributed by atoms with Crippen LogP contribution in [-0.4, -0.2) is 30.8 Å². The summed E-state index contributed by atoms with van der Waals surface area (Å²) in [5, 5.41) is 21.5. The van der Waals surface area contributed by atoms with E-state index in [1.807, 2.05) is 12.1 Å². The summed E-state index contributed by atoms with van der Waals surface area (Å²) in [6.07, 6.45) is 5.51. The van der Waals surface area contributed by atoms with Crippen molar-refractivity contribution in [3.05, 3.63) is 65.7 Å². The zero-order valence-electron chi connectivity index (χ0n) is 12.3. The molecule has 2 heterocycles. The molecule has 0 fully saturated rings. The molecule has 0 aliphatic carbocycles. The summed E-state index contributed by atoms with van der Waals surface area (Å²) in [5.41, 5.74) is 1.56. The van der Waals surface area contributed by atoms with Crippen LogP contribution in [-0.2, 0) is 6.61 Å². The molecule has 0 aliphatic rings. The van der Waals surface area contributed by atoms with E-state index in [4.69, 9.17) is 15.1 Å². The molecule has 0 unspecified atom stereocenters. The molecule has 0 bridgehead atoms. The molecule has 0 aliphatic heterocycles. The first kappa shape index (κ1) is 15.2. The van der Waals surface area contributed by atoms with E-state index in [2.05, 4.69) is 21.1 Å². The molecule has 0 radical (unpaired) electrons. The van der Waals surface area contributed by atoms with E-state index < -0.39 is 5.97 Å². The molecular formula is C16H11N5O3. The van der Waals surface area contributed by atoms with Crippen molar-refractivity contribution in [3.63, 3.8) is 0 Å². The number of nitrogens with zero attached hydrogens (tertiary/aromatic N) is 5. The number of aromatic nitrogens is 4. The van der Waals surface area contributed by atoms with E-state index >= 15 is 0 Å². The van der Waals surface area contributed by atoms with Crippen LogP contribution >= 0.6 is 0 Å². The number of ether oxygens (including phenoxy) is 1.